The first-order chi connectivity index (χ1) is 9.08. The smallest absolute Gasteiger partial charge is 0.222 e. The van der Waals surface area contributed by atoms with E-state index in [0.717, 1.165) is 11.3 Å². The molecule has 0 aliphatic carbocycles. The number of hydrogen-bond acceptors (Lipinski definition) is 5. The Morgan fingerprint density at radius 1 is 1.05 bits per heavy atom. The topological polar surface area (TPSA) is 89.8 Å². The molecule has 5 nitrogen and oxygen atoms in total. The molecule has 0 aliphatic heterocycles. The summed E-state index contributed by atoms with van der Waals surface area (Å²) in [6, 6.07) is 8.19. The molecule has 0 saturated heterocycles. The summed E-state index contributed by atoms with van der Waals surface area (Å²) in [5.74, 6) is 0.961. The van der Waals surface area contributed by atoms with E-state index in [4.69, 9.17) is 11.5 Å². The first-order valence-electron chi connectivity index (χ1n) is 6.25. The van der Waals surface area contributed by atoms with Crippen molar-refractivity contribution in [3.05, 3.63) is 35.4 Å². The Balaban J connectivity index is 2.40. The summed E-state index contributed by atoms with van der Waals surface area (Å²) in [4.78, 5) is 8.43. The van der Waals surface area contributed by atoms with Gasteiger partial charge in [-0.05, 0) is 26.0 Å². The molecule has 0 amide bonds. The molecule has 5 N–H and O–H groups in total. The van der Waals surface area contributed by atoms with E-state index in [-0.39, 0.29) is 5.95 Å². The minimum Gasteiger partial charge on any atom is -0.369 e. The van der Waals surface area contributed by atoms with Crippen molar-refractivity contribution < 1.29 is 0 Å². The largest absolute Gasteiger partial charge is 0.369 e. The minimum absolute atomic E-state index is 0.260. The summed E-state index contributed by atoms with van der Waals surface area (Å²) in [6.07, 6.45) is 0. The average Bonchev–Trinajstić information content (AvgIpc) is 2.34. The zero-order valence-electron chi connectivity index (χ0n) is 11.3. The van der Waals surface area contributed by atoms with E-state index < -0.39 is 0 Å². The van der Waals surface area contributed by atoms with Gasteiger partial charge in [0, 0.05) is 24.7 Å². The summed E-state index contributed by atoms with van der Waals surface area (Å²) in [5, 5.41) is 3.12. The highest BCUT2D eigenvalue weighted by atomic mass is 15.1. The van der Waals surface area contributed by atoms with Crippen molar-refractivity contribution in [2.45, 2.75) is 13.8 Å². The van der Waals surface area contributed by atoms with Crippen LogP contribution in [0.25, 0.3) is 11.3 Å². The molecule has 0 spiro atoms. The second kappa shape index (κ2) is 5.67. The zero-order valence-corrected chi connectivity index (χ0v) is 11.3. The number of aromatic nitrogens is 2. The number of benzene rings is 1. The normalized spacial score (nSPS) is 10.5. The number of nitrogens with zero attached hydrogens (tertiary/aromatic N) is 2. The number of nitrogens with one attached hydrogen (secondary N) is 1. The lowest BCUT2D eigenvalue weighted by Gasteiger charge is -2.09. The van der Waals surface area contributed by atoms with Gasteiger partial charge in [-0.15, -0.1) is 0 Å². The van der Waals surface area contributed by atoms with Crippen LogP contribution in [0.2, 0.25) is 0 Å². The van der Waals surface area contributed by atoms with E-state index >= 15 is 0 Å². The Hall–Kier alpha value is -2.14. The maximum atomic E-state index is 5.75. The predicted octanol–water partition coefficient (Wildman–Crippen LogP) is 1.71. The Morgan fingerprint density at radius 2 is 1.74 bits per heavy atom. The predicted molar refractivity (Wildman–Crippen MR) is 78.9 cm³/mol. The van der Waals surface area contributed by atoms with Gasteiger partial charge in [0.2, 0.25) is 5.95 Å². The summed E-state index contributed by atoms with van der Waals surface area (Å²) in [6.45, 7) is 5.33. The molecule has 0 bridgehead atoms. The van der Waals surface area contributed by atoms with Crippen LogP contribution in [0.15, 0.2) is 24.3 Å². The highest BCUT2D eigenvalue weighted by molar-refractivity contribution is 5.65. The molecule has 2 rings (SSSR count). The standard InChI is InChI=1S/C14H19N5/c1-9-5-10(2)7-11(6-9)12-8-13(17-4-3-15)19-14(16)18-12/h5-8H,3-4,15H2,1-2H3,(H3,16,17,18,19). The lowest BCUT2D eigenvalue weighted by Crippen LogP contribution is -2.14. The number of hydrogen-bond donors (Lipinski definition) is 3. The van der Waals surface area contributed by atoms with Crippen molar-refractivity contribution in [2.24, 2.45) is 5.73 Å². The molecule has 1 aromatic heterocycles. The Morgan fingerprint density at radius 3 is 2.37 bits per heavy atom. The van der Waals surface area contributed by atoms with Gasteiger partial charge in [0.15, 0.2) is 0 Å². The SMILES string of the molecule is Cc1cc(C)cc(-c2cc(NCCN)nc(N)n2)c1. The molecule has 0 saturated carbocycles. The van der Waals surface area contributed by atoms with E-state index in [9.17, 15) is 0 Å². The highest BCUT2D eigenvalue weighted by Crippen LogP contribution is 2.23. The van der Waals surface area contributed by atoms with Gasteiger partial charge in [-0.25, -0.2) is 4.98 Å². The Bertz CT molecular complexity index is 560. The number of aryl methyl sites for hydroxylation is 2. The lowest BCUT2D eigenvalue weighted by atomic mass is 10.0. The minimum atomic E-state index is 0.260. The van der Waals surface area contributed by atoms with Crippen LogP contribution in [0.5, 0.6) is 0 Å². The van der Waals surface area contributed by atoms with Crippen molar-refractivity contribution >= 4 is 11.8 Å². The number of nitrogens with two attached hydrogens (primary N) is 2. The van der Waals surface area contributed by atoms with Crippen molar-refractivity contribution in [1.82, 2.24) is 9.97 Å². The summed E-state index contributed by atoms with van der Waals surface area (Å²) in [7, 11) is 0. The molecule has 0 unspecified atom stereocenters. The zero-order chi connectivity index (χ0) is 13.8. The van der Waals surface area contributed by atoms with E-state index in [0.29, 0.717) is 18.9 Å². The van der Waals surface area contributed by atoms with Crippen LogP contribution in [0.4, 0.5) is 11.8 Å². The van der Waals surface area contributed by atoms with Crippen LogP contribution in [0, 0.1) is 13.8 Å². The van der Waals surface area contributed by atoms with Gasteiger partial charge in [0.05, 0.1) is 5.69 Å². The molecule has 0 fully saturated rings. The van der Waals surface area contributed by atoms with Gasteiger partial charge in [-0.1, -0.05) is 17.2 Å². The third kappa shape index (κ3) is 3.42. The molecule has 0 radical (unpaired) electrons. The quantitative estimate of drug-likeness (QED) is 0.776. The van der Waals surface area contributed by atoms with Crippen molar-refractivity contribution in [3.8, 4) is 11.3 Å². The van der Waals surface area contributed by atoms with Crippen LogP contribution in [0.3, 0.4) is 0 Å². The molecule has 5 heteroatoms. The second-order valence-corrected chi connectivity index (χ2v) is 4.59. The third-order valence-electron chi connectivity index (χ3n) is 2.71. The van der Waals surface area contributed by atoms with Gasteiger partial charge in [-0.3, -0.25) is 0 Å². The van der Waals surface area contributed by atoms with E-state index in [1.807, 2.05) is 6.07 Å². The number of rotatable bonds is 4. The van der Waals surface area contributed by atoms with Crippen LogP contribution in [-0.2, 0) is 0 Å². The first kappa shape index (κ1) is 13.3. The first-order valence-corrected chi connectivity index (χ1v) is 6.25. The fraction of sp³-hybridized carbons (Fsp3) is 0.286. The van der Waals surface area contributed by atoms with Crippen LogP contribution in [0.1, 0.15) is 11.1 Å². The van der Waals surface area contributed by atoms with E-state index in [1.54, 1.807) is 0 Å². The molecule has 1 heterocycles. The van der Waals surface area contributed by atoms with Crippen LogP contribution in [-0.4, -0.2) is 23.1 Å². The van der Waals surface area contributed by atoms with Gasteiger partial charge >= 0.3 is 0 Å². The maximum absolute atomic E-state index is 5.75. The van der Waals surface area contributed by atoms with Crippen LogP contribution < -0.4 is 16.8 Å². The molecular weight excluding hydrogens is 238 g/mol. The monoisotopic (exact) mass is 257 g/mol. The molecule has 19 heavy (non-hydrogen) atoms. The van der Waals surface area contributed by atoms with Crippen molar-refractivity contribution in [2.75, 3.05) is 24.1 Å². The van der Waals surface area contributed by atoms with Crippen molar-refractivity contribution in [3.63, 3.8) is 0 Å². The molecular formula is C14H19N5. The lowest BCUT2D eigenvalue weighted by molar-refractivity contribution is 1.01. The van der Waals surface area contributed by atoms with Crippen molar-refractivity contribution in [1.29, 1.82) is 0 Å². The summed E-state index contributed by atoms with van der Waals surface area (Å²) < 4.78 is 0. The molecule has 100 valence electrons. The highest BCUT2D eigenvalue weighted by Gasteiger charge is 2.05. The molecule has 0 atom stereocenters. The van der Waals surface area contributed by atoms with E-state index in [1.165, 1.54) is 11.1 Å². The molecule has 2 aromatic rings. The summed E-state index contributed by atoms with van der Waals surface area (Å²) >= 11 is 0. The molecule has 0 aliphatic rings. The Labute approximate surface area is 113 Å². The fourth-order valence-corrected chi connectivity index (χ4v) is 2.03. The summed E-state index contributed by atoms with van der Waals surface area (Å²) in [5.41, 5.74) is 15.5. The van der Waals surface area contributed by atoms with Gasteiger partial charge in [0.1, 0.15) is 5.82 Å². The number of nitrogen functional groups attached to an aromatic ring is 1. The van der Waals surface area contributed by atoms with E-state index in [2.05, 4.69) is 47.3 Å². The fourth-order valence-electron chi connectivity index (χ4n) is 2.03. The van der Waals surface area contributed by atoms with Gasteiger partial charge in [-0.2, -0.15) is 4.98 Å². The van der Waals surface area contributed by atoms with Gasteiger partial charge < -0.3 is 16.8 Å². The Kier molecular flexibility index (Phi) is 3.97. The average molecular weight is 257 g/mol. The molecule has 1 aromatic carbocycles. The third-order valence-corrected chi connectivity index (χ3v) is 2.71. The maximum Gasteiger partial charge on any atom is 0.222 e. The number of anilines is 2. The van der Waals surface area contributed by atoms with Crippen LogP contribution >= 0.6 is 0 Å². The second-order valence-electron chi connectivity index (χ2n) is 4.59. The van der Waals surface area contributed by atoms with Gasteiger partial charge in [0.25, 0.3) is 0 Å².